The largest absolute Gasteiger partial charge is 0.429 e. The Hall–Kier alpha value is -2.81. The summed E-state index contributed by atoms with van der Waals surface area (Å²) in [4.78, 5) is 0. The molecule has 0 atom stereocenters. The summed E-state index contributed by atoms with van der Waals surface area (Å²) in [5, 5.41) is 8.68. The van der Waals surface area contributed by atoms with Crippen molar-refractivity contribution in [3.63, 3.8) is 0 Å². The summed E-state index contributed by atoms with van der Waals surface area (Å²) in [6.45, 7) is 2.12. The van der Waals surface area contributed by atoms with Gasteiger partial charge in [0.25, 0.3) is 0 Å². The third-order valence-corrected chi connectivity index (χ3v) is 5.81. The molecule has 0 spiro atoms. The van der Waals surface area contributed by atoms with E-state index in [9.17, 15) is 17.6 Å². The number of rotatable bonds is 7. The molecule has 0 radical (unpaired) electrons. The van der Waals surface area contributed by atoms with Crippen molar-refractivity contribution in [2.45, 2.75) is 57.5 Å². The van der Waals surface area contributed by atoms with Gasteiger partial charge in [0.05, 0.1) is 5.56 Å². The summed E-state index contributed by atoms with van der Waals surface area (Å²) in [6.07, 6.45) is 7.10. The highest BCUT2D eigenvalue weighted by atomic mass is 19.3. The quantitative estimate of drug-likeness (QED) is 0.334. The molecule has 3 rings (SSSR count). The lowest BCUT2D eigenvalue weighted by Crippen LogP contribution is -2.22. The third-order valence-electron chi connectivity index (χ3n) is 5.81. The van der Waals surface area contributed by atoms with Gasteiger partial charge in [-0.25, -0.2) is 8.78 Å². The van der Waals surface area contributed by atoms with Gasteiger partial charge in [-0.3, -0.25) is 0 Å². The average Bonchev–Trinajstić information content (AvgIpc) is 2.74. The van der Waals surface area contributed by atoms with Crippen LogP contribution in [0.2, 0.25) is 0 Å². The molecule has 31 heavy (non-hydrogen) atoms. The fourth-order valence-electron chi connectivity index (χ4n) is 4.06. The van der Waals surface area contributed by atoms with E-state index in [1.54, 1.807) is 12.1 Å². The van der Waals surface area contributed by atoms with E-state index in [0.717, 1.165) is 44.1 Å². The summed E-state index contributed by atoms with van der Waals surface area (Å²) < 4.78 is 61.0. The summed E-state index contributed by atoms with van der Waals surface area (Å²) in [7, 11) is 0. The molecule has 1 aliphatic rings. The minimum absolute atomic E-state index is 0.344. The molecule has 0 amide bonds. The molecule has 0 aromatic heterocycles. The summed E-state index contributed by atoms with van der Waals surface area (Å²) in [5.74, 6) is -2.15. The Morgan fingerprint density at radius 1 is 1.03 bits per heavy atom. The Kier molecular flexibility index (Phi) is 7.37. The highest BCUT2D eigenvalue weighted by molar-refractivity contribution is 5.38. The topological polar surface area (TPSA) is 33.0 Å². The highest BCUT2D eigenvalue weighted by Crippen LogP contribution is 2.39. The van der Waals surface area contributed by atoms with Gasteiger partial charge < -0.3 is 4.74 Å². The van der Waals surface area contributed by atoms with Gasteiger partial charge in [0, 0.05) is 12.1 Å². The second-order valence-corrected chi connectivity index (χ2v) is 7.95. The first-order valence-electron chi connectivity index (χ1n) is 10.6. The van der Waals surface area contributed by atoms with Gasteiger partial charge in [0.15, 0.2) is 0 Å². The standard InChI is InChI=1S/C25H25F4NO/c1-2-3-4-5-17-6-8-18(9-7-17)19-10-12-20(13-11-19)25(28,29)31-21-14-23(26)22(16-30)24(27)15-21/h3-4,10-15,17-18H,2,5-9H2,1H3/t17-,18-. The molecule has 0 saturated heterocycles. The van der Waals surface area contributed by atoms with Crippen LogP contribution in [0.4, 0.5) is 17.6 Å². The second kappa shape index (κ2) is 10.00. The molecule has 2 aromatic rings. The Bertz CT molecular complexity index is 931. The lowest BCUT2D eigenvalue weighted by molar-refractivity contribution is -0.185. The van der Waals surface area contributed by atoms with Crippen molar-refractivity contribution < 1.29 is 22.3 Å². The number of benzene rings is 2. The SMILES string of the molecule is CCC=CC[C@H]1CC[C@H](c2ccc(C(F)(F)Oc3cc(F)c(C#N)c(F)c3)cc2)CC1. The number of ether oxygens (including phenoxy) is 1. The van der Waals surface area contributed by atoms with Crippen molar-refractivity contribution >= 4 is 0 Å². The third kappa shape index (κ3) is 5.66. The number of hydrogen-bond donors (Lipinski definition) is 0. The Labute approximate surface area is 180 Å². The van der Waals surface area contributed by atoms with Crippen molar-refractivity contribution in [1.82, 2.24) is 0 Å². The van der Waals surface area contributed by atoms with Crippen LogP contribution < -0.4 is 4.74 Å². The zero-order chi connectivity index (χ0) is 22.4. The molecule has 0 unspecified atom stereocenters. The van der Waals surface area contributed by atoms with Crippen LogP contribution in [0, 0.1) is 28.9 Å². The molecule has 2 aromatic carbocycles. The number of allylic oxidation sites excluding steroid dienone is 2. The van der Waals surface area contributed by atoms with Gasteiger partial charge in [0.2, 0.25) is 0 Å². The van der Waals surface area contributed by atoms with E-state index in [4.69, 9.17) is 5.26 Å². The van der Waals surface area contributed by atoms with Crippen molar-refractivity contribution in [3.8, 4) is 11.8 Å². The molecule has 164 valence electrons. The fourth-order valence-corrected chi connectivity index (χ4v) is 4.06. The number of halogens is 4. The van der Waals surface area contributed by atoms with Gasteiger partial charge in [-0.2, -0.15) is 14.0 Å². The van der Waals surface area contributed by atoms with Crippen molar-refractivity contribution in [1.29, 1.82) is 5.26 Å². The molecule has 1 fully saturated rings. The number of nitrogens with zero attached hydrogens (tertiary/aromatic N) is 1. The second-order valence-electron chi connectivity index (χ2n) is 7.95. The molecule has 0 bridgehead atoms. The van der Waals surface area contributed by atoms with Crippen molar-refractivity contribution in [2.75, 3.05) is 0 Å². The molecular formula is C25H25F4NO. The predicted molar refractivity (Wildman–Crippen MR) is 111 cm³/mol. The molecule has 0 heterocycles. The van der Waals surface area contributed by atoms with Crippen LogP contribution in [0.15, 0.2) is 48.6 Å². The zero-order valence-corrected chi connectivity index (χ0v) is 17.4. The Morgan fingerprint density at radius 2 is 1.65 bits per heavy atom. The minimum Gasteiger partial charge on any atom is -0.429 e. The molecule has 6 heteroatoms. The Balaban J connectivity index is 1.64. The zero-order valence-electron chi connectivity index (χ0n) is 17.4. The summed E-state index contributed by atoms with van der Waals surface area (Å²) in [5.41, 5.74) is -0.228. The van der Waals surface area contributed by atoms with Crippen LogP contribution in [-0.4, -0.2) is 0 Å². The van der Waals surface area contributed by atoms with Crippen molar-refractivity contribution in [2.24, 2.45) is 5.92 Å². The normalized spacial score (nSPS) is 19.4. The van der Waals surface area contributed by atoms with Crippen molar-refractivity contribution in [3.05, 3.63) is 76.9 Å². The fraction of sp³-hybridized carbons (Fsp3) is 0.400. The van der Waals surface area contributed by atoms with E-state index in [0.29, 0.717) is 24.0 Å². The van der Waals surface area contributed by atoms with E-state index in [1.165, 1.54) is 18.2 Å². The molecule has 1 saturated carbocycles. The first-order chi connectivity index (χ1) is 14.8. The maximum atomic E-state index is 14.5. The summed E-state index contributed by atoms with van der Waals surface area (Å²) in [6, 6.07) is 8.44. The number of hydrogen-bond acceptors (Lipinski definition) is 2. The van der Waals surface area contributed by atoms with E-state index in [1.807, 2.05) is 0 Å². The highest BCUT2D eigenvalue weighted by Gasteiger charge is 2.35. The first-order valence-corrected chi connectivity index (χ1v) is 10.6. The molecule has 0 N–H and O–H groups in total. The van der Waals surface area contributed by atoms with Gasteiger partial charge in [0.1, 0.15) is 29.0 Å². The van der Waals surface area contributed by atoms with Gasteiger partial charge in [-0.15, -0.1) is 0 Å². The van der Waals surface area contributed by atoms with Gasteiger partial charge in [-0.1, -0.05) is 31.2 Å². The maximum absolute atomic E-state index is 14.5. The van der Waals surface area contributed by atoms with E-state index >= 15 is 0 Å². The van der Waals surface area contributed by atoms with Gasteiger partial charge in [-0.05, 0) is 68.1 Å². The number of alkyl halides is 2. The van der Waals surface area contributed by atoms with Crippen LogP contribution in [0.1, 0.15) is 68.1 Å². The van der Waals surface area contributed by atoms with E-state index in [-0.39, 0.29) is 0 Å². The van der Waals surface area contributed by atoms with Crippen LogP contribution in [0.25, 0.3) is 0 Å². The summed E-state index contributed by atoms with van der Waals surface area (Å²) >= 11 is 0. The van der Waals surface area contributed by atoms with Gasteiger partial charge >= 0.3 is 6.11 Å². The molecule has 1 aliphatic carbocycles. The van der Waals surface area contributed by atoms with E-state index in [2.05, 4.69) is 23.8 Å². The molecule has 0 aliphatic heterocycles. The molecular weight excluding hydrogens is 406 g/mol. The maximum Gasteiger partial charge on any atom is 0.426 e. The van der Waals surface area contributed by atoms with Crippen LogP contribution in [0.3, 0.4) is 0 Å². The number of nitriles is 1. The van der Waals surface area contributed by atoms with Crippen LogP contribution in [-0.2, 0) is 6.11 Å². The van der Waals surface area contributed by atoms with E-state index < -0.39 is 34.6 Å². The predicted octanol–water partition coefficient (Wildman–Crippen LogP) is 7.59. The lowest BCUT2D eigenvalue weighted by atomic mass is 9.77. The lowest BCUT2D eigenvalue weighted by Gasteiger charge is -2.28. The first kappa shape index (κ1) is 22.9. The molecule has 2 nitrogen and oxygen atoms in total. The average molecular weight is 431 g/mol. The van der Waals surface area contributed by atoms with Crippen LogP contribution >= 0.6 is 0 Å². The smallest absolute Gasteiger partial charge is 0.426 e. The van der Waals surface area contributed by atoms with Crippen LogP contribution in [0.5, 0.6) is 5.75 Å². The monoisotopic (exact) mass is 431 g/mol. The Morgan fingerprint density at radius 3 is 2.19 bits per heavy atom. The minimum atomic E-state index is -3.77.